The molecule has 0 saturated heterocycles. The van der Waals surface area contributed by atoms with Gasteiger partial charge in [0.25, 0.3) is 11.6 Å². The van der Waals surface area contributed by atoms with Crippen LogP contribution >= 0.6 is 12.2 Å². The third-order valence-corrected chi connectivity index (χ3v) is 2.06. The third kappa shape index (κ3) is 3.38. The highest BCUT2D eigenvalue weighted by Gasteiger charge is 2.13. The van der Waals surface area contributed by atoms with Crippen LogP contribution in [0.2, 0.25) is 0 Å². The molecule has 0 saturated carbocycles. The molecule has 0 heterocycles. The summed E-state index contributed by atoms with van der Waals surface area (Å²) in [5.41, 5.74) is 10.3. The van der Waals surface area contributed by atoms with Gasteiger partial charge in [0.1, 0.15) is 0 Å². The first-order chi connectivity index (χ1) is 7.91. The summed E-state index contributed by atoms with van der Waals surface area (Å²) in [4.78, 5) is 21.6. The van der Waals surface area contributed by atoms with Gasteiger partial charge in [-0.15, -0.1) is 0 Å². The van der Waals surface area contributed by atoms with Crippen molar-refractivity contribution in [3.05, 3.63) is 39.4 Å². The highest BCUT2D eigenvalue weighted by Crippen LogP contribution is 2.18. The van der Waals surface area contributed by atoms with Crippen molar-refractivity contribution in [1.29, 1.82) is 0 Å². The molecule has 0 fully saturated rings. The average Bonchev–Trinajstić information content (AvgIpc) is 2.25. The lowest BCUT2D eigenvalue weighted by Crippen LogP contribution is -2.44. The molecule has 90 valence electrons. The fourth-order valence-corrected chi connectivity index (χ4v) is 1.24. The monoisotopic (exact) mass is 254 g/mol. The van der Waals surface area contributed by atoms with Crippen molar-refractivity contribution in [2.75, 3.05) is 0 Å². The third-order valence-electron chi connectivity index (χ3n) is 1.95. The van der Waals surface area contributed by atoms with Gasteiger partial charge < -0.3 is 5.73 Å². The van der Waals surface area contributed by atoms with E-state index in [1.165, 1.54) is 18.2 Å². The van der Waals surface area contributed by atoms with Gasteiger partial charge in [0.05, 0.1) is 4.92 Å². The van der Waals surface area contributed by atoms with E-state index in [0.717, 1.165) is 0 Å². The van der Waals surface area contributed by atoms with Gasteiger partial charge in [-0.2, -0.15) is 0 Å². The summed E-state index contributed by atoms with van der Waals surface area (Å²) in [7, 11) is 0. The Kier molecular flexibility index (Phi) is 3.94. The zero-order chi connectivity index (χ0) is 13.0. The molecule has 8 heteroatoms. The number of carbonyl (C=O) groups is 1. The summed E-state index contributed by atoms with van der Waals surface area (Å²) >= 11 is 4.51. The summed E-state index contributed by atoms with van der Waals surface area (Å²) in [6.07, 6.45) is 0. The van der Waals surface area contributed by atoms with E-state index >= 15 is 0 Å². The van der Waals surface area contributed by atoms with Gasteiger partial charge in [0, 0.05) is 17.2 Å². The van der Waals surface area contributed by atoms with E-state index in [2.05, 4.69) is 23.1 Å². The van der Waals surface area contributed by atoms with Crippen LogP contribution in [0.15, 0.2) is 18.2 Å². The molecule has 0 spiro atoms. The zero-order valence-corrected chi connectivity index (χ0v) is 9.71. The summed E-state index contributed by atoms with van der Waals surface area (Å²) in [6, 6.07) is 4.03. The first-order valence-electron chi connectivity index (χ1n) is 4.52. The number of rotatable bonds is 2. The first-order valence-corrected chi connectivity index (χ1v) is 4.93. The molecule has 1 rings (SSSR count). The largest absolute Gasteiger partial charge is 0.375 e. The maximum atomic E-state index is 11.5. The Morgan fingerprint density at radius 2 is 2.12 bits per heavy atom. The van der Waals surface area contributed by atoms with E-state index in [9.17, 15) is 14.9 Å². The SMILES string of the molecule is Cc1cc(C(=O)NNC(N)=S)ccc1[N+](=O)[O-]. The van der Waals surface area contributed by atoms with Crippen molar-refractivity contribution in [1.82, 2.24) is 10.9 Å². The van der Waals surface area contributed by atoms with Crippen LogP contribution in [0.4, 0.5) is 5.69 Å². The summed E-state index contributed by atoms with van der Waals surface area (Å²) in [5.74, 6) is -0.476. The molecule has 0 atom stereocenters. The number of hydrogen-bond acceptors (Lipinski definition) is 4. The predicted octanol–water partition coefficient (Wildman–Crippen LogP) is 0.381. The number of nitrogens with two attached hydrogens (primary N) is 1. The minimum atomic E-state index is -0.510. The number of thiocarbonyl (C=S) groups is 1. The molecule has 0 unspecified atom stereocenters. The zero-order valence-electron chi connectivity index (χ0n) is 8.89. The summed E-state index contributed by atoms with van der Waals surface area (Å²) in [6.45, 7) is 1.55. The molecule has 1 amide bonds. The fourth-order valence-electron chi connectivity index (χ4n) is 1.19. The second kappa shape index (κ2) is 5.21. The maximum absolute atomic E-state index is 11.5. The van der Waals surface area contributed by atoms with E-state index < -0.39 is 10.8 Å². The van der Waals surface area contributed by atoms with Gasteiger partial charge in [-0.3, -0.25) is 25.8 Å². The Morgan fingerprint density at radius 3 is 2.59 bits per heavy atom. The molecule has 0 aromatic heterocycles. The average molecular weight is 254 g/mol. The molecular weight excluding hydrogens is 244 g/mol. The van der Waals surface area contributed by atoms with Crippen molar-refractivity contribution >= 4 is 28.9 Å². The lowest BCUT2D eigenvalue weighted by molar-refractivity contribution is -0.385. The van der Waals surface area contributed by atoms with Crippen molar-refractivity contribution < 1.29 is 9.72 Å². The minimum Gasteiger partial charge on any atom is -0.375 e. The number of nitrogens with one attached hydrogen (secondary N) is 2. The normalized spacial score (nSPS) is 9.47. The smallest absolute Gasteiger partial charge is 0.272 e. The van der Waals surface area contributed by atoms with E-state index in [1.807, 2.05) is 0 Å². The minimum absolute atomic E-state index is 0.0381. The molecular formula is C9H10N4O3S. The van der Waals surface area contributed by atoms with E-state index in [0.29, 0.717) is 5.56 Å². The standard InChI is InChI=1S/C9H10N4O3S/c1-5-4-6(2-3-7(5)13(15)16)8(14)11-12-9(10)17/h2-4H,1H3,(H,11,14)(H3,10,12,17). The lowest BCUT2D eigenvalue weighted by Gasteiger charge is -2.06. The van der Waals surface area contributed by atoms with Crippen LogP contribution in [0.1, 0.15) is 15.9 Å². The highest BCUT2D eigenvalue weighted by molar-refractivity contribution is 7.80. The number of nitro benzene ring substituents is 1. The van der Waals surface area contributed by atoms with Gasteiger partial charge in [-0.25, -0.2) is 0 Å². The number of amides is 1. The molecule has 0 aliphatic carbocycles. The Hall–Kier alpha value is -2.22. The van der Waals surface area contributed by atoms with Gasteiger partial charge in [-0.05, 0) is 31.3 Å². The van der Waals surface area contributed by atoms with Crippen molar-refractivity contribution in [2.45, 2.75) is 6.92 Å². The highest BCUT2D eigenvalue weighted by atomic mass is 32.1. The number of hydrazine groups is 1. The molecule has 0 aliphatic rings. The second-order valence-electron chi connectivity index (χ2n) is 3.20. The van der Waals surface area contributed by atoms with Crippen LogP contribution in [0.3, 0.4) is 0 Å². The lowest BCUT2D eigenvalue weighted by atomic mass is 10.1. The molecule has 0 radical (unpaired) electrons. The van der Waals surface area contributed by atoms with Crippen LogP contribution in [0.5, 0.6) is 0 Å². The molecule has 0 bridgehead atoms. The molecule has 1 aromatic carbocycles. The predicted molar refractivity (Wildman–Crippen MR) is 65.2 cm³/mol. The molecule has 1 aromatic rings. The first kappa shape index (κ1) is 12.8. The van der Waals surface area contributed by atoms with E-state index in [4.69, 9.17) is 5.73 Å². The van der Waals surface area contributed by atoms with Crippen LogP contribution in [-0.4, -0.2) is 15.9 Å². The van der Waals surface area contributed by atoms with Crippen LogP contribution < -0.4 is 16.6 Å². The van der Waals surface area contributed by atoms with Gasteiger partial charge in [0.15, 0.2) is 5.11 Å². The topological polar surface area (TPSA) is 110 Å². The quantitative estimate of drug-likeness (QED) is 0.400. The summed E-state index contributed by atoms with van der Waals surface area (Å²) in [5, 5.41) is 10.5. The van der Waals surface area contributed by atoms with Gasteiger partial charge in [0.2, 0.25) is 0 Å². The summed E-state index contributed by atoms with van der Waals surface area (Å²) < 4.78 is 0. The van der Waals surface area contributed by atoms with Crippen LogP contribution in [0.25, 0.3) is 0 Å². The number of carbonyl (C=O) groups excluding carboxylic acids is 1. The van der Waals surface area contributed by atoms with Crippen LogP contribution in [0, 0.1) is 17.0 Å². The van der Waals surface area contributed by atoms with Crippen molar-refractivity contribution in [3.63, 3.8) is 0 Å². The van der Waals surface area contributed by atoms with Crippen LogP contribution in [-0.2, 0) is 0 Å². The van der Waals surface area contributed by atoms with Crippen molar-refractivity contribution in [2.24, 2.45) is 5.73 Å². The number of aryl methyl sites for hydroxylation is 1. The molecule has 0 aliphatic heterocycles. The van der Waals surface area contributed by atoms with E-state index in [-0.39, 0.29) is 16.4 Å². The van der Waals surface area contributed by atoms with Gasteiger partial charge in [-0.1, -0.05) is 0 Å². The maximum Gasteiger partial charge on any atom is 0.272 e. The van der Waals surface area contributed by atoms with Crippen molar-refractivity contribution in [3.8, 4) is 0 Å². The molecule has 7 nitrogen and oxygen atoms in total. The number of benzene rings is 1. The molecule has 4 N–H and O–H groups in total. The number of hydrogen-bond donors (Lipinski definition) is 3. The Balaban J connectivity index is 2.86. The Morgan fingerprint density at radius 1 is 1.47 bits per heavy atom. The van der Waals surface area contributed by atoms with Gasteiger partial charge >= 0.3 is 0 Å². The number of nitrogens with zero attached hydrogens (tertiary/aromatic N) is 1. The number of nitro groups is 1. The Labute approximate surface area is 102 Å². The second-order valence-corrected chi connectivity index (χ2v) is 3.64. The Bertz CT molecular complexity index is 489. The fraction of sp³-hybridized carbons (Fsp3) is 0.111. The van der Waals surface area contributed by atoms with E-state index in [1.54, 1.807) is 6.92 Å². The molecule has 17 heavy (non-hydrogen) atoms.